The molecule has 0 saturated carbocycles. The molecule has 2 nitrogen and oxygen atoms in total. The summed E-state index contributed by atoms with van der Waals surface area (Å²) in [6, 6.07) is 24.4. The number of ether oxygens (including phenoxy) is 1. The Bertz CT molecular complexity index is 791. The van der Waals surface area contributed by atoms with Crippen molar-refractivity contribution >= 4 is 37.5 Å². The Labute approximate surface area is 159 Å². The van der Waals surface area contributed by atoms with Crippen LogP contribution in [0.4, 0.5) is 5.69 Å². The van der Waals surface area contributed by atoms with Gasteiger partial charge in [-0.2, -0.15) is 0 Å². The Morgan fingerprint density at radius 1 is 0.833 bits per heavy atom. The van der Waals surface area contributed by atoms with Crippen molar-refractivity contribution in [2.75, 3.05) is 5.32 Å². The van der Waals surface area contributed by atoms with E-state index < -0.39 is 0 Å². The molecule has 3 aromatic carbocycles. The first-order chi connectivity index (χ1) is 11.7. The second-order valence-corrected chi connectivity index (χ2v) is 7.14. The Morgan fingerprint density at radius 3 is 2.21 bits per heavy atom. The molecule has 0 aliphatic rings. The molecule has 3 aromatic rings. The predicted molar refractivity (Wildman–Crippen MR) is 106 cm³/mol. The molecule has 0 aliphatic heterocycles. The summed E-state index contributed by atoms with van der Waals surface area (Å²) in [6.07, 6.45) is 0. The molecule has 0 bridgehead atoms. The minimum Gasteiger partial charge on any atom is -0.487 e. The molecular weight excluding hydrogens is 430 g/mol. The van der Waals surface area contributed by atoms with Crippen LogP contribution in [0.5, 0.6) is 5.75 Å². The summed E-state index contributed by atoms with van der Waals surface area (Å²) < 4.78 is 8.05. The van der Waals surface area contributed by atoms with Gasteiger partial charge in [0.05, 0.1) is 4.47 Å². The maximum Gasteiger partial charge on any atom is 0.139 e. The normalized spacial score (nSPS) is 10.4. The highest BCUT2D eigenvalue weighted by Gasteiger charge is 2.11. The molecule has 0 radical (unpaired) electrons. The van der Waals surface area contributed by atoms with Crippen LogP contribution >= 0.6 is 31.9 Å². The number of para-hydroxylation sites is 1. The fourth-order valence-corrected chi connectivity index (χ4v) is 3.82. The molecule has 0 unspecified atom stereocenters. The van der Waals surface area contributed by atoms with Crippen LogP contribution in [0.15, 0.2) is 81.7 Å². The summed E-state index contributed by atoms with van der Waals surface area (Å²) in [5.74, 6) is 0.866. The second-order valence-electron chi connectivity index (χ2n) is 5.37. The van der Waals surface area contributed by atoms with Gasteiger partial charge in [-0.15, -0.1) is 0 Å². The third kappa shape index (κ3) is 4.62. The van der Waals surface area contributed by atoms with Gasteiger partial charge in [-0.05, 0) is 45.8 Å². The first kappa shape index (κ1) is 17.1. The van der Waals surface area contributed by atoms with E-state index in [0.717, 1.165) is 31.5 Å². The predicted octanol–water partition coefficient (Wildman–Crippen LogP) is 6.40. The Hall–Kier alpha value is -1.78. The fourth-order valence-electron chi connectivity index (χ4n) is 2.39. The first-order valence-electron chi connectivity index (χ1n) is 7.66. The molecule has 1 N–H and O–H groups in total. The molecule has 3 rings (SSSR count). The molecule has 0 saturated heterocycles. The highest BCUT2D eigenvalue weighted by molar-refractivity contribution is 9.11. The smallest absolute Gasteiger partial charge is 0.139 e. The topological polar surface area (TPSA) is 21.3 Å². The lowest BCUT2D eigenvalue weighted by Gasteiger charge is -2.15. The lowest BCUT2D eigenvalue weighted by Crippen LogP contribution is -2.04. The standard InChI is InChI=1S/C20H17Br2NO/c21-17-11-16(13-23-18-9-5-2-6-10-18)20(19(22)12-17)24-14-15-7-3-1-4-8-15/h1-12,23H,13-14H2. The van der Waals surface area contributed by atoms with Crippen molar-refractivity contribution in [3.63, 3.8) is 0 Å². The fraction of sp³-hybridized carbons (Fsp3) is 0.100. The van der Waals surface area contributed by atoms with Gasteiger partial charge in [0, 0.05) is 22.3 Å². The van der Waals surface area contributed by atoms with Crippen LogP contribution in [0.3, 0.4) is 0 Å². The largest absolute Gasteiger partial charge is 0.487 e. The Morgan fingerprint density at radius 2 is 1.50 bits per heavy atom. The van der Waals surface area contributed by atoms with Gasteiger partial charge in [0.1, 0.15) is 12.4 Å². The first-order valence-corrected chi connectivity index (χ1v) is 9.24. The summed E-state index contributed by atoms with van der Waals surface area (Å²) in [6.45, 7) is 1.23. The van der Waals surface area contributed by atoms with Crippen LogP contribution < -0.4 is 10.1 Å². The quantitative estimate of drug-likeness (QED) is 0.472. The van der Waals surface area contributed by atoms with Gasteiger partial charge in [0.15, 0.2) is 0 Å². The van der Waals surface area contributed by atoms with Crippen molar-refractivity contribution in [1.82, 2.24) is 0 Å². The molecule has 0 heterocycles. The molecule has 0 fully saturated rings. The molecule has 0 amide bonds. The van der Waals surface area contributed by atoms with Crippen LogP contribution in [-0.4, -0.2) is 0 Å². The van der Waals surface area contributed by atoms with E-state index in [9.17, 15) is 0 Å². The maximum atomic E-state index is 6.09. The number of anilines is 1. The summed E-state index contributed by atoms with van der Waals surface area (Å²) in [4.78, 5) is 0. The summed E-state index contributed by atoms with van der Waals surface area (Å²) in [5, 5.41) is 3.43. The van der Waals surface area contributed by atoms with Crippen molar-refractivity contribution < 1.29 is 4.74 Å². The van der Waals surface area contributed by atoms with Crippen LogP contribution in [-0.2, 0) is 13.2 Å². The van der Waals surface area contributed by atoms with Crippen molar-refractivity contribution in [2.24, 2.45) is 0 Å². The van der Waals surface area contributed by atoms with Crippen molar-refractivity contribution in [3.8, 4) is 5.75 Å². The summed E-state index contributed by atoms with van der Waals surface area (Å²) in [7, 11) is 0. The van der Waals surface area contributed by atoms with Gasteiger partial charge < -0.3 is 10.1 Å². The van der Waals surface area contributed by atoms with Gasteiger partial charge >= 0.3 is 0 Å². The zero-order valence-corrected chi connectivity index (χ0v) is 16.2. The van der Waals surface area contributed by atoms with E-state index in [4.69, 9.17) is 4.74 Å². The van der Waals surface area contributed by atoms with E-state index in [1.807, 2.05) is 42.5 Å². The number of hydrogen-bond donors (Lipinski definition) is 1. The van der Waals surface area contributed by atoms with Crippen LogP contribution in [0.1, 0.15) is 11.1 Å². The van der Waals surface area contributed by atoms with Gasteiger partial charge in [-0.1, -0.05) is 64.5 Å². The van der Waals surface area contributed by atoms with Crippen molar-refractivity contribution in [3.05, 3.63) is 92.9 Å². The van der Waals surface area contributed by atoms with Gasteiger partial charge in [0.25, 0.3) is 0 Å². The lowest BCUT2D eigenvalue weighted by molar-refractivity contribution is 0.301. The lowest BCUT2D eigenvalue weighted by atomic mass is 10.2. The third-order valence-electron chi connectivity index (χ3n) is 3.57. The van der Waals surface area contributed by atoms with E-state index in [-0.39, 0.29) is 0 Å². The van der Waals surface area contributed by atoms with E-state index in [1.54, 1.807) is 0 Å². The van der Waals surface area contributed by atoms with Gasteiger partial charge in [0.2, 0.25) is 0 Å². The molecule has 0 atom stereocenters. The minimum absolute atomic E-state index is 0.541. The van der Waals surface area contributed by atoms with Crippen molar-refractivity contribution in [2.45, 2.75) is 13.2 Å². The average Bonchev–Trinajstić information content (AvgIpc) is 2.61. The highest BCUT2D eigenvalue weighted by atomic mass is 79.9. The average molecular weight is 447 g/mol. The zero-order valence-electron chi connectivity index (χ0n) is 13.0. The van der Waals surface area contributed by atoms with Crippen LogP contribution in [0.2, 0.25) is 0 Å². The Balaban J connectivity index is 1.77. The van der Waals surface area contributed by atoms with Crippen molar-refractivity contribution in [1.29, 1.82) is 0 Å². The molecule has 0 aromatic heterocycles. The molecule has 0 spiro atoms. The highest BCUT2D eigenvalue weighted by Crippen LogP contribution is 2.34. The number of benzene rings is 3. The minimum atomic E-state index is 0.541. The second kappa shape index (κ2) is 8.36. The van der Waals surface area contributed by atoms with Gasteiger partial charge in [-0.3, -0.25) is 0 Å². The van der Waals surface area contributed by atoms with E-state index in [2.05, 4.69) is 67.5 Å². The van der Waals surface area contributed by atoms with E-state index in [0.29, 0.717) is 13.2 Å². The van der Waals surface area contributed by atoms with E-state index >= 15 is 0 Å². The monoisotopic (exact) mass is 445 g/mol. The number of hydrogen-bond acceptors (Lipinski definition) is 2. The molecular formula is C20H17Br2NO. The SMILES string of the molecule is Brc1cc(Br)c(OCc2ccccc2)c(CNc2ccccc2)c1. The molecule has 24 heavy (non-hydrogen) atoms. The van der Waals surface area contributed by atoms with Gasteiger partial charge in [-0.25, -0.2) is 0 Å². The molecule has 4 heteroatoms. The molecule has 0 aliphatic carbocycles. The molecule has 122 valence electrons. The van der Waals surface area contributed by atoms with Crippen LogP contribution in [0, 0.1) is 0 Å². The summed E-state index contributed by atoms with van der Waals surface area (Å²) >= 11 is 7.17. The number of halogens is 2. The summed E-state index contributed by atoms with van der Waals surface area (Å²) in [5.41, 5.74) is 3.33. The zero-order chi connectivity index (χ0) is 16.8. The number of rotatable bonds is 6. The Kier molecular flexibility index (Phi) is 5.94. The maximum absolute atomic E-state index is 6.09. The number of nitrogens with one attached hydrogen (secondary N) is 1. The van der Waals surface area contributed by atoms with E-state index in [1.165, 1.54) is 0 Å². The van der Waals surface area contributed by atoms with Crippen LogP contribution in [0.25, 0.3) is 0 Å². The third-order valence-corrected chi connectivity index (χ3v) is 4.61.